The lowest BCUT2D eigenvalue weighted by Crippen LogP contribution is -2.27. The molecular weight excluding hydrogens is 264 g/mol. The highest BCUT2D eigenvalue weighted by molar-refractivity contribution is 7.12. The molecule has 7 nitrogen and oxygen atoms in total. The van der Waals surface area contributed by atoms with Gasteiger partial charge in [-0.3, -0.25) is 4.79 Å². The number of amides is 1. The van der Waals surface area contributed by atoms with Gasteiger partial charge in [0.25, 0.3) is 5.91 Å². The van der Waals surface area contributed by atoms with Crippen molar-refractivity contribution in [2.75, 3.05) is 5.73 Å². The second-order valence-corrected chi connectivity index (χ2v) is 4.09. The Morgan fingerprint density at radius 1 is 1.65 bits per heavy atom. The van der Waals surface area contributed by atoms with Crippen LogP contribution in [0.15, 0.2) is 11.4 Å². The molecule has 0 spiro atoms. The zero-order valence-corrected chi connectivity index (χ0v) is 10.5. The molecule has 9 heteroatoms. The SMILES string of the molecule is CC(NC(=O)c1sccc1N)c1nn[nH]n1.Cl. The largest absolute Gasteiger partial charge is 0.397 e. The third-order valence-electron chi connectivity index (χ3n) is 2.00. The first-order chi connectivity index (χ1) is 7.68. The number of halogens is 1. The Hall–Kier alpha value is -1.67. The van der Waals surface area contributed by atoms with E-state index in [4.69, 9.17) is 5.73 Å². The minimum atomic E-state index is -0.312. The fourth-order valence-corrected chi connectivity index (χ4v) is 1.90. The van der Waals surface area contributed by atoms with Crippen LogP contribution >= 0.6 is 23.7 Å². The first kappa shape index (κ1) is 13.4. The summed E-state index contributed by atoms with van der Waals surface area (Å²) in [4.78, 5) is 12.3. The summed E-state index contributed by atoms with van der Waals surface area (Å²) in [6.45, 7) is 1.77. The molecule has 92 valence electrons. The monoisotopic (exact) mass is 274 g/mol. The van der Waals surface area contributed by atoms with Gasteiger partial charge in [0.1, 0.15) is 4.88 Å². The number of H-pyrrole nitrogens is 1. The molecule has 0 aliphatic carbocycles. The van der Waals surface area contributed by atoms with Gasteiger partial charge in [0.15, 0.2) is 5.82 Å². The van der Waals surface area contributed by atoms with Gasteiger partial charge in [0, 0.05) is 0 Å². The quantitative estimate of drug-likeness (QED) is 0.765. The fraction of sp³-hybridized carbons (Fsp3) is 0.250. The van der Waals surface area contributed by atoms with E-state index in [0.717, 1.165) is 0 Å². The molecule has 2 aromatic rings. The summed E-state index contributed by atoms with van der Waals surface area (Å²) in [5.41, 5.74) is 6.11. The number of nitrogens with two attached hydrogens (primary N) is 1. The number of hydrogen-bond acceptors (Lipinski definition) is 6. The van der Waals surface area contributed by atoms with Crippen LogP contribution in [0.1, 0.15) is 28.5 Å². The highest BCUT2D eigenvalue weighted by Gasteiger charge is 2.17. The number of nitrogen functional groups attached to an aromatic ring is 1. The zero-order chi connectivity index (χ0) is 11.5. The molecule has 2 heterocycles. The molecule has 1 unspecified atom stereocenters. The van der Waals surface area contributed by atoms with Crippen LogP contribution in [0.25, 0.3) is 0 Å². The molecule has 0 fully saturated rings. The maximum atomic E-state index is 11.8. The van der Waals surface area contributed by atoms with Crippen molar-refractivity contribution in [2.24, 2.45) is 0 Å². The number of tetrazole rings is 1. The Morgan fingerprint density at radius 2 is 2.41 bits per heavy atom. The van der Waals surface area contributed by atoms with E-state index in [1.54, 1.807) is 18.4 Å². The third-order valence-corrected chi connectivity index (χ3v) is 2.93. The van der Waals surface area contributed by atoms with Crippen molar-refractivity contribution in [2.45, 2.75) is 13.0 Å². The number of anilines is 1. The number of carbonyl (C=O) groups is 1. The van der Waals surface area contributed by atoms with Crippen molar-refractivity contribution in [3.8, 4) is 0 Å². The summed E-state index contributed by atoms with van der Waals surface area (Å²) in [6, 6.07) is 1.38. The van der Waals surface area contributed by atoms with Crippen molar-refractivity contribution in [3.63, 3.8) is 0 Å². The summed E-state index contributed by atoms with van der Waals surface area (Å²) in [6.07, 6.45) is 0. The summed E-state index contributed by atoms with van der Waals surface area (Å²) in [5.74, 6) is 0.202. The first-order valence-corrected chi connectivity index (χ1v) is 5.43. The minimum Gasteiger partial charge on any atom is -0.397 e. The van der Waals surface area contributed by atoms with Crippen LogP contribution < -0.4 is 11.1 Å². The van der Waals surface area contributed by atoms with E-state index in [1.165, 1.54) is 11.3 Å². The number of thiophene rings is 1. The highest BCUT2D eigenvalue weighted by atomic mass is 35.5. The predicted octanol–water partition coefficient (Wildman–Crippen LogP) is 0.756. The van der Waals surface area contributed by atoms with Crippen molar-refractivity contribution < 1.29 is 4.79 Å². The molecule has 1 atom stereocenters. The third kappa shape index (κ3) is 2.92. The van der Waals surface area contributed by atoms with Gasteiger partial charge in [-0.25, -0.2) is 0 Å². The van der Waals surface area contributed by atoms with Crippen LogP contribution in [0.5, 0.6) is 0 Å². The van der Waals surface area contributed by atoms with Crippen LogP contribution in [0.4, 0.5) is 5.69 Å². The van der Waals surface area contributed by atoms with Gasteiger partial charge in [-0.2, -0.15) is 5.21 Å². The van der Waals surface area contributed by atoms with Gasteiger partial charge in [-0.15, -0.1) is 33.9 Å². The van der Waals surface area contributed by atoms with E-state index in [0.29, 0.717) is 16.4 Å². The van der Waals surface area contributed by atoms with Gasteiger partial charge in [-0.1, -0.05) is 5.21 Å². The lowest BCUT2D eigenvalue weighted by molar-refractivity contribution is 0.0943. The van der Waals surface area contributed by atoms with Gasteiger partial charge < -0.3 is 11.1 Å². The van der Waals surface area contributed by atoms with Crippen molar-refractivity contribution >= 4 is 35.3 Å². The molecule has 17 heavy (non-hydrogen) atoms. The van der Waals surface area contributed by atoms with Gasteiger partial charge >= 0.3 is 0 Å². The Balaban J connectivity index is 0.00000144. The molecule has 0 radical (unpaired) electrons. The minimum absolute atomic E-state index is 0. The smallest absolute Gasteiger partial charge is 0.264 e. The number of rotatable bonds is 3. The maximum absolute atomic E-state index is 11.8. The summed E-state index contributed by atoms with van der Waals surface area (Å²) < 4.78 is 0. The lowest BCUT2D eigenvalue weighted by Gasteiger charge is -2.08. The number of carbonyl (C=O) groups excluding carboxylic acids is 1. The summed E-state index contributed by atoms with van der Waals surface area (Å²) in [7, 11) is 0. The zero-order valence-electron chi connectivity index (χ0n) is 8.88. The van der Waals surface area contributed by atoms with E-state index in [1.807, 2.05) is 0 Å². The average molecular weight is 275 g/mol. The van der Waals surface area contributed by atoms with Crippen LogP contribution in [-0.4, -0.2) is 26.5 Å². The Morgan fingerprint density at radius 3 is 2.94 bits per heavy atom. The van der Waals surface area contributed by atoms with Gasteiger partial charge in [0.2, 0.25) is 0 Å². The summed E-state index contributed by atoms with van der Waals surface area (Å²) >= 11 is 1.30. The van der Waals surface area contributed by atoms with Crippen molar-refractivity contribution in [1.82, 2.24) is 25.9 Å². The average Bonchev–Trinajstić information content (AvgIpc) is 2.86. The normalized spacial score (nSPS) is 11.6. The molecule has 4 N–H and O–H groups in total. The van der Waals surface area contributed by atoms with Crippen molar-refractivity contribution in [1.29, 1.82) is 0 Å². The van der Waals surface area contributed by atoms with Crippen LogP contribution in [-0.2, 0) is 0 Å². The molecule has 0 saturated heterocycles. The number of nitrogens with zero attached hydrogens (tertiary/aromatic N) is 3. The second-order valence-electron chi connectivity index (χ2n) is 3.17. The molecule has 0 aliphatic rings. The van der Waals surface area contributed by atoms with Gasteiger partial charge in [0.05, 0.1) is 11.7 Å². The number of aromatic nitrogens is 4. The van der Waals surface area contributed by atoms with Crippen LogP contribution in [0.2, 0.25) is 0 Å². The second kappa shape index (κ2) is 5.60. The summed E-state index contributed by atoms with van der Waals surface area (Å²) in [5, 5.41) is 17.8. The standard InChI is InChI=1S/C8H10N6OS.ClH/c1-4(7-11-13-14-12-7)10-8(15)6-5(9)2-3-16-6;/h2-4H,9H2,1H3,(H,10,15)(H,11,12,13,14);1H. The van der Waals surface area contributed by atoms with Crippen molar-refractivity contribution in [3.05, 3.63) is 22.1 Å². The first-order valence-electron chi connectivity index (χ1n) is 4.55. The molecule has 0 aliphatic heterocycles. The molecule has 0 saturated carbocycles. The van der Waals surface area contributed by atoms with Gasteiger partial charge in [-0.05, 0) is 18.4 Å². The van der Waals surface area contributed by atoms with E-state index in [2.05, 4.69) is 25.9 Å². The topological polar surface area (TPSA) is 110 Å². The Labute approximate surface area is 107 Å². The molecule has 2 aromatic heterocycles. The molecule has 2 rings (SSSR count). The number of nitrogens with one attached hydrogen (secondary N) is 2. The number of aromatic amines is 1. The molecule has 0 bridgehead atoms. The Kier molecular flexibility index (Phi) is 4.41. The maximum Gasteiger partial charge on any atom is 0.264 e. The van der Waals surface area contributed by atoms with E-state index in [-0.39, 0.29) is 24.4 Å². The predicted molar refractivity (Wildman–Crippen MR) is 66.0 cm³/mol. The molecule has 1 amide bonds. The fourth-order valence-electron chi connectivity index (χ4n) is 1.18. The van der Waals surface area contributed by atoms with Crippen LogP contribution in [0.3, 0.4) is 0 Å². The molecular formula is C8H11ClN6OS. The Bertz CT molecular complexity index is 484. The molecule has 0 aromatic carbocycles. The number of hydrogen-bond donors (Lipinski definition) is 3. The highest BCUT2D eigenvalue weighted by Crippen LogP contribution is 2.19. The van der Waals surface area contributed by atoms with E-state index < -0.39 is 0 Å². The van der Waals surface area contributed by atoms with E-state index >= 15 is 0 Å². The lowest BCUT2D eigenvalue weighted by atomic mass is 10.3. The van der Waals surface area contributed by atoms with Crippen LogP contribution in [0, 0.1) is 0 Å². The van der Waals surface area contributed by atoms with E-state index in [9.17, 15) is 4.79 Å².